The van der Waals surface area contributed by atoms with Crippen molar-refractivity contribution in [2.45, 2.75) is 6.92 Å². The fourth-order valence-corrected chi connectivity index (χ4v) is 1.27. The van der Waals surface area contributed by atoms with Gasteiger partial charge in [-0.3, -0.25) is 4.98 Å². The van der Waals surface area contributed by atoms with Crippen molar-refractivity contribution in [3.63, 3.8) is 0 Å². The van der Waals surface area contributed by atoms with Gasteiger partial charge in [0.2, 0.25) is 0 Å². The van der Waals surface area contributed by atoms with Crippen LogP contribution in [0.25, 0.3) is 0 Å². The van der Waals surface area contributed by atoms with Crippen LogP contribution in [0.3, 0.4) is 0 Å². The summed E-state index contributed by atoms with van der Waals surface area (Å²) in [6, 6.07) is 10.4. The first-order valence-corrected chi connectivity index (χ1v) is 5.82. The number of anilines is 2. The van der Waals surface area contributed by atoms with Gasteiger partial charge in [-0.15, -0.1) is 0 Å². The summed E-state index contributed by atoms with van der Waals surface area (Å²) in [7, 11) is 0. The Kier molecular flexibility index (Phi) is 5.88. The standard InChI is InChI=1S/C9H11NO2.C5H6N2/c1-2-12-9(11)7-5-3-4-6-8(7)10;6-5-2-1-3-7-4-5/h3-6H,2,10H2,1H3;1-4H,6H2. The number of carbonyl (C=O) groups excluding carboxylic acids is 1. The molecule has 0 bridgehead atoms. The third-order valence-corrected chi connectivity index (χ3v) is 2.14. The fraction of sp³-hybridized carbons (Fsp3) is 0.143. The number of benzene rings is 1. The zero-order valence-corrected chi connectivity index (χ0v) is 10.7. The van der Waals surface area contributed by atoms with Crippen molar-refractivity contribution < 1.29 is 9.53 Å². The van der Waals surface area contributed by atoms with Gasteiger partial charge in [-0.05, 0) is 31.2 Å². The second-order valence-electron chi connectivity index (χ2n) is 3.59. The molecule has 2 rings (SSSR count). The Hall–Kier alpha value is -2.56. The van der Waals surface area contributed by atoms with Gasteiger partial charge in [0.05, 0.1) is 17.9 Å². The molecule has 100 valence electrons. The lowest BCUT2D eigenvalue weighted by atomic mass is 10.2. The van der Waals surface area contributed by atoms with Gasteiger partial charge in [0.1, 0.15) is 0 Å². The molecule has 0 aliphatic carbocycles. The van der Waals surface area contributed by atoms with E-state index in [9.17, 15) is 4.79 Å². The number of nitrogens with zero attached hydrogens (tertiary/aromatic N) is 1. The molecule has 19 heavy (non-hydrogen) atoms. The molecule has 0 saturated heterocycles. The van der Waals surface area contributed by atoms with E-state index in [4.69, 9.17) is 16.2 Å². The smallest absolute Gasteiger partial charge is 0.340 e. The Morgan fingerprint density at radius 1 is 1.21 bits per heavy atom. The van der Waals surface area contributed by atoms with Gasteiger partial charge >= 0.3 is 5.97 Å². The second-order valence-corrected chi connectivity index (χ2v) is 3.59. The van der Waals surface area contributed by atoms with Crippen LogP contribution in [-0.4, -0.2) is 17.6 Å². The maximum atomic E-state index is 11.2. The molecule has 0 radical (unpaired) electrons. The summed E-state index contributed by atoms with van der Waals surface area (Å²) in [4.78, 5) is 14.9. The molecule has 0 amide bonds. The molecular weight excluding hydrogens is 242 g/mol. The predicted octanol–water partition coefficient (Wildman–Crippen LogP) is 2.11. The lowest BCUT2D eigenvalue weighted by molar-refractivity contribution is 0.0527. The van der Waals surface area contributed by atoms with Crippen LogP contribution in [0.4, 0.5) is 11.4 Å². The highest BCUT2D eigenvalue weighted by Crippen LogP contribution is 2.11. The Balaban J connectivity index is 0.000000218. The van der Waals surface area contributed by atoms with E-state index >= 15 is 0 Å². The Labute approximate surface area is 112 Å². The number of nitrogens with two attached hydrogens (primary N) is 2. The van der Waals surface area contributed by atoms with E-state index in [1.807, 2.05) is 0 Å². The van der Waals surface area contributed by atoms with Crippen molar-refractivity contribution >= 4 is 17.3 Å². The molecule has 5 nitrogen and oxygen atoms in total. The van der Waals surface area contributed by atoms with Crippen molar-refractivity contribution in [1.82, 2.24) is 4.98 Å². The Morgan fingerprint density at radius 2 is 1.95 bits per heavy atom. The minimum Gasteiger partial charge on any atom is -0.462 e. The number of hydrogen-bond acceptors (Lipinski definition) is 5. The zero-order chi connectivity index (χ0) is 14.1. The van der Waals surface area contributed by atoms with Gasteiger partial charge in [-0.25, -0.2) is 4.79 Å². The molecule has 0 unspecified atom stereocenters. The van der Waals surface area contributed by atoms with Crippen molar-refractivity contribution in [2.75, 3.05) is 18.1 Å². The first kappa shape index (κ1) is 14.5. The molecule has 0 fully saturated rings. The molecule has 0 saturated carbocycles. The summed E-state index contributed by atoms with van der Waals surface area (Å²) >= 11 is 0. The van der Waals surface area contributed by atoms with E-state index in [0.29, 0.717) is 23.5 Å². The first-order chi connectivity index (χ1) is 9.15. The highest BCUT2D eigenvalue weighted by molar-refractivity contribution is 5.94. The maximum Gasteiger partial charge on any atom is 0.340 e. The van der Waals surface area contributed by atoms with Crippen LogP contribution in [0.5, 0.6) is 0 Å². The lowest BCUT2D eigenvalue weighted by Gasteiger charge is -2.03. The third kappa shape index (κ3) is 5.08. The van der Waals surface area contributed by atoms with Crippen LogP contribution in [0, 0.1) is 0 Å². The van der Waals surface area contributed by atoms with Crippen LogP contribution in [-0.2, 0) is 4.74 Å². The molecule has 5 heteroatoms. The normalized spacial score (nSPS) is 9.11. The average Bonchev–Trinajstić information content (AvgIpc) is 2.41. The second kappa shape index (κ2) is 7.71. The zero-order valence-electron chi connectivity index (χ0n) is 10.7. The Bertz CT molecular complexity index is 515. The molecule has 1 aromatic heterocycles. The van der Waals surface area contributed by atoms with E-state index in [1.54, 1.807) is 55.7 Å². The minimum atomic E-state index is -0.365. The lowest BCUT2D eigenvalue weighted by Crippen LogP contribution is -2.07. The van der Waals surface area contributed by atoms with E-state index in [2.05, 4.69) is 4.98 Å². The van der Waals surface area contributed by atoms with Gasteiger partial charge in [0, 0.05) is 18.1 Å². The summed E-state index contributed by atoms with van der Waals surface area (Å²) in [5.74, 6) is -0.365. The van der Waals surface area contributed by atoms with E-state index in [1.165, 1.54) is 0 Å². The van der Waals surface area contributed by atoms with E-state index in [-0.39, 0.29) is 5.97 Å². The molecule has 0 spiro atoms. The number of ether oxygens (including phenoxy) is 1. The van der Waals surface area contributed by atoms with Crippen LogP contribution in [0.1, 0.15) is 17.3 Å². The topological polar surface area (TPSA) is 91.2 Å². The number of esters is 1. The molecule has 1 aromatic carbocycles. The highest BCUT2D eigenvalue weighted by Gasteiger charge is 2.08. The minimum absolute atomic E-state index is 0.365. The predicted molar refractivity (Wildman–Crippen MR) is 75.5 cm³/mol. The van der Waals surface area contributed by atoms with Gasteiger partial charge in [-0.1, -0.05) is 12.1 Å². The number of carbonyl (C=O) groups is 1. The fourth-order valence-electron chi connectivity index (χ4n) is 1.27. The van der Waals surface area contributed by atoms with E-state index in [0.717, 1.165) is 0 Å². The largest absolute Gasteiger partial charge is 0.462 e. The first-order valence-electron chi connectivity index (χ1n) is 5.82. The monoisotopic (exact) mass is 259 g/mol. The van der Waals surface area contributed by atoms with Gasteiger partial charge in [-0.2, -0.15) is 0 Å². The molecule has 1 heterocycles. The number of rotatable bonds is 2. The summed E-state index contributed by atoms with van der Waals surface area (Å²) in [5, 5.41) is 0. The van der Waals surface area contributed by atoms with Crippen molar-refractivity contribution in [3.05, 3.63) is 54.4 Å². The van der Waals surface area contributed by atoms with Crippen molar-refractivity contribution in [1.29, 1.82) is 0 Å². The third-order valence-electron chi connectivity index (χ3n) is 2.14. The number of pyridine rings is 1. The summed E-state index contributed by atoms with van der Waals surface area (Å²) in [6.07, 6.45) is 3.30. The number of para-hydroxylation sites is 1. The van der Waals surface area contributed by atoms with Crippen LogP contribution < -0.4 is 11.5 Å². The van der Waals surface area contributed by atoms with Crippen LogP contribution in [0.2, 0.25) is 0 Å². The quantitative estimate of drug-likeness (QED) is 0.636. The summed E-state index contributed by atoms with van der Waals surface area (Å²) in [6.45, 7) is 2.13. The summed E-state index contributed by atoms with van der Waals surface area (Å²) < 4.78 is 4.79. The molecule has 0 aliphatic rings. The maximum absolute atomic E-state index is 11.2. The van der Waals surface area contributed by atoms with Gasteiger partial charge in [0.15, 0.2) is 0 Å². The van der Waals surface area contributed by atoms with Crippen LogP contribution in [0.15, 0.2) is 48.8 Å². The van der Waals surface area contributed by atoms with Gasteiger partial charge in [0.25, 0.3) is 0 Å². The van der Waals surface area contributed by atoms with Crippen molar-refractivity contribution in [2.24, 2.45) is 0 Å². The van der Waals surface area contributed by atoms with Gasteiger partial charge < -0.3 is 16.2 Å². The highest BCUT2D eigenvalue weighted by atomic mass is 16.5. The SMILES string of the molecule is CCOC(=O)c1ccccc1N.Nc1cccnc1. The number of hydrogen-bond donors (Lipinski definition) is 2. The molecular formula is C14H17N3O2. The molecule has 0 atom stereocenters. The number of nitrogen functional groups attached to an aromatic ring is 2. The van der Waals surface area contributed by atoms with E-state index < -0.39 is 0 Å². The average molecular weight is 259 g/mol. The van der Waals surface area contributed by atoms with Crippen LogP contribution >= 0.6 is 0 Å². The van der Waals surface area contributed by atoms with Crippen molar-refractivity contribution in [3.8, 4) is 0 Å². The molecule has 0 aliphatic heterocycles. The molecule has 2 aromatic rings. The summed E-state index contributed by atoms with van der Waals surface area (Å²) in [5.41, 5.74) is 12.4. The number of aromatic nitrogens is 1. The Morgan fingerprint density at radius 3 is 2.42 bits per heavy atom. The molecule has 4 N–H and O–H groups in total.